The summed E-state index contributed by atoms with van der Waals surface area (Å²) in [5.74, 6) is 1.35. The zero-order valence-corrected chi connectivity index (χ0v) is 13.6. The molecule has 1 aromatic heterocycles. The highest BCUT2D eigenvalue weighted by atomic mass is 35.5. The SMILES string of the molecule is CNC(c1cc(Cl)c2c(c1)OCCCO2)c1nc(C)cs1. The van der Waals surface area contributed by atoms with Crippen molar-refractivity contribution in [3.8, 4) is 11.5 Å². The second-order valence-electron chi connectivity index (χ2n) is 4.93. The van der Waals surface area contributed by atoms with Crippen molar-refractivity contribution in [2.45, 2.75) is 19.4 Å². The lowest BCUT2D eigenvalue weighted by molar-refractivity contribution is 0.297. The molecule has 21 heavy (non-hydrogen) atoms. The van der Waals surface area contributed by atoms with E-state index in [0.717, 1.165) is 22.7 Å². The summed E-state index contributed by atoms with van der Waals surface area (Å²) in [5, 5.41) is 6.93. The lowest BCUT2D eigenvalue weighted by Crippen LogP contribution is -2.17. The van der Waals surface area contributed by atoms with E-state index in [1.807, 2.05) is 31.5 Å². The minimum atomic E-state index is -0.00152. The number of nitrogens with zero attached hydrogens (tertiary/aromatic N) is 1. The Kier molecular flexibility index (Phi) is 4.33. The Morgan fingerprint density at radius 2 is 2.14 bits per heavy atom. The van der Waals surface area contributed by atoms with Crippen molar-refractivity contribution in [2.75, 3.05) is 20.3 Å². The van der Waals surface area contributed by atoms with E-state index in [9.17, 15) is 0 Å². The zero-order chi connectivity index (χ0) is 14.8. The van der Waals surface area contributed by atoms with Crippen LogP contribution < -0.4 is 14.8 Å². The van der Waals surface area contributed by atoms with Gasteiger partial charge < -0.3 is 14.8 Å². The molecule has 0 spiro atoms. The van der Waals surface area contributed by atoms with Crippen molar-refractivity contribution in [2.24, 2.45) is 0 Å². The third-order valence-corrected chi connectivity index (χ3v) is 4.64. The smallest absolute Gasteiger partial charge is 0.179 e. The molecule has 1 unspecified atom stereocenters. The molecule has 4 nitrogen and oxygen atoms in total. The molecule has 1 aromatic carbocycles. The van der Waals surface area contributed by atoms with E-state index in [1.165, 1.54) is 0 Å². The summed E-state index contributed by atoms with van der Waals surface area (Å²) in [4.78, 5) is 4.56. The Balaban J connectivity index is 2.01. The van der Waals surface area contributed by atoms with Gasteiger partial charge in [-0.15, -0.1) is 11.3 Å². The van der Waals surface area contributed by atoms with E-state index < -0.39 is 0 Å². The van der Waals surface area contributed by atoms with Crippen LogP contribution in [0.25, 0.3) is 0 Å². The maximum Gasteiger partial charge on any atom is 0.179 e. The fourth-order valence-corrected chi connectivity index (χ4v) is 3.56. The Morgan fingerprint density at radius 1 is 1.33 bits per heavy atom. The molecule has 112 valence electrons. The first kappa shape index (κ1) is 14.6. The van der Waals surface area contributed by atoms with Gasteiger partial charge >= 0.3 is 0 Å². The van der Waals surface area contributed by atoms with Gasteiger partial charge in [0.25, 0.3) is 0 Å². The molecule has 1 N–H and O–H groups in total. The number of hydrogen-bond acceptors (Lipinski definition) is 5. The minimum Gasteiger partial charge on any atom is -0.489 e. The van der Waals surface area contributed by atoms with Crippen molar-refractivity contribution in [1.82, 2.24) is 10.3 Å². The minimum absolute atomic E-state index is 0.00152. The molecule has 0 fully saturated rings. The van der Waals surface area contributed by atoms with Crippen LogP contribution in [0.1, 0.15) is 28.7 Å². The Bertz CT molecular complexity index is 645. The summed E-state index contributed by atoms with van der Waals surface area (Å²) in [6.07, 6.45) is 0.863. The number of aryl methyl sites for hydroxylation is 1. The average Bonchev–Trinajstić information content (AvgIpc) is 2.74. The molecule has 0 aliphatic carbocycles. The van der Waals surface area contributed by atoms with Crippen LogP contribution in [0, 0.1) is 6.92 Å². The van der Waals surface area contributed by atoms with Gasteiger partial charge in [-0.1, -0.05) is 11.6 Å². The Morgan fingerprint density at radius 3 is 2.86 bits per heavy atom. The first-order valence-electron chi connectivity index (χ1n) is 6.87. The van der Waals surface area contributed by atoms with Gasteiger partial charge in [-0.3, -0.25) is 0 Å². The second kappa shape index (κ2) is 6.22. The molecular formula is C15H17ClN2O2S. The van der Waals surface area contributed by atoms with E-state index in [2.05, 4.69) is 10.3 Å². The predicted octanol–water partition coefficient (Wildman–Crippen LogP) is 3.58. The van der Waals surface area contributed by atoms with Gasteiger partial charge in [0.05, 0.1) is 24.3 Å². The lowest BCUT2D eigenvalue weighted by atomic mass is 10.1. The van der Waals surface area contributed by atoms with Gasteiger partial charge in [0.2, 0.25) is 0 Å². The molecule has 0 saturated heterocycles. The van der Waals surface area contributed by atoms with Crippen LogP contribution in [0.3, 0.4) is 0 Å². The maximum absolute atomic E-state index is 6.36. The zero-order valence-electron chi connectivity index (χ0n) is 12.0. The number of aromatic nitrogens is 1. The summed E-state index contributed by atoms with van der Waals surface area (Å²) in [6, 6.07) is 3.91. The Labute approximate surface area is 133 Å². The van der Waals surface area contributed by atoms with Gasteiger partial charge in [0, 0.05) is 17.5 Å². The molecule has 0 amide bonds. The van der Waals surface area contributed by atoms with Crippen LogP contribution in [-0.4, -0.2) is 25.2 Å². The van der Waals surface area contributed by atoms with E-state index in [4.69, 9.17) is 21.1 Å². The summed E-state index contributed by atoms with van der Waals surface area (Å²) >= 11 is 8.00. The first-order chi connectivity index (χ1) is 10.2. The van der Waals surface area contributed by atoms with Crippen LogP contribution >= 0.6 is 22.9 Å². The largest absolute Gasteiger partial charge is 0.489 e. The highest BCUT2D eigenvalue weighted by molar-refractivity contribution is 7.09. The van der Waals surface area contributed by atoms with Crippen LogP contribution in [0.5, 0.6) is 11.5 Å². The molecule has 0 saturated carbocycles. The van der Waals surface area contributed by atoms with Crippen molar-refractivity contribution in [3.63, 3.8) is 0 Å². The van der Waals surface area contributed by atoms with Gasteiger partial charge in [0.1, 0.15) is 5.01 Å². The van der Waals surface area contributed by atoms with E-state index >= 15 is 0 Å². The first-order valence-corrected chi connectivity index (χ1v) is 8.13. The number of fused-ring (bicyclic) bond motifs is 1. The number of rotatable bonds is 3. The van der Waals surface area contributed by atoms with Crippen molar-refractivity contribution in [1.29, 1.82) is 0 Å². The average molecular weight is 325 g/mol. The molecule has 6 heteroatoms. The quantitative estimate of drug-likeness (QED) is 0.937. The van der Waals surface area contributed by atoms with Gasteiger partial charge in [-0.2, -0.15) is 0 Å². The lowest BCUT2D eigenvalue weighted by Gasteiger charge is -2.17. The summed E-state index contributed by atoms with van der Waals surface area (Å²) < 4.78 is 11.4. The summed E-state index contributed by atoms with van der Waals surface area (Å²) in [6.45, 7) is 3.27. The topological polar surface area (TPSA) is 43.4 Å². The molecule has 1 aliphatic rings. The Hall–Kier alpha value is -1.30. The third-order valence-electron chi connectivity index (χ3n) is 3.33. The number of thiazole rings is 1. The molecule has 1 aliphatic heterocycles. The molecular weight excluding hydrogens is 308 g/mol. The second-order valence-corrected chi connectivity index (χ2v) is 6.23. The normalized spacial score (nSPS) is 15.6. The molecule has 3 rings (SSSR count). The monoisotopic (exact) mass is 324 g/mol. The van der Waals surface area contributed by atoms with Gasteiger partial charge in [-0.25, -0.2) is 4.98 Å². The highest BCUT2D eigenvalue weighted by Gasteiger charge is 2.21. The summed E-state index contributed by atoms with van der Waals surface area (Å²) in [5.41, 5.74) is 2.05. The van der Waals surface area contributed by atoms with Crippen LogP contribution in [-0.2, 0) is 0 Å². The molecule has 1 atom stereocenters. The number of ether oxygens (including phenoxy) is 2. The number of halogens is 1. The standard InChI is InChI=1S/C15H17ClN2O2S/c1-9-8-21-15(18-9)13(17-2)10-6-11(16)14-12(7-10)19-4-3-5-20-14/h6-8,13,17H,3-5H2,1-2H3. The van der Waals surface area contributed by atoms with Crippen LogP contribution in [0.15, 0.2) is 17.5 Å². The molecule has 2 heterocycles. The maximum atomic E-state index is 6.36. The third kappa shape index (κ3) is 3.00. The van der Waals surface area contributed by atoms with Gasteiger partial charge in [0.15, 0.2) is 11.5 Å². The predicted molar refractivity (Wildman–Crippen MR) is 84.8 cm³/mol. The fraction of sp³-hybridized carbons (Fsp3) is 0.400. The van der Waals surface area contributed by atoms with E-state index in [1.54, 1.807) is 11.3 Å². The molecule has 2 aromatic rings. The summed E-state index contributed by atoms with van der Waals surface area (Å²) in [7, 11) is 1.92. The van der Waals surface area contributed by atoms with E-state index in [-0.39, 0.29) is 6.04 Å². The van der Waals surface area contributed by atoms with Gasteiger partial charge in [-0.05, 0) is 31.7 Å². The number of hydrogen-bond donors (Lipinski definition) is 1. The van der Waals surface area contributed by atoms with Crippen molar-refractivity contribution < 1.29 is 9.47 Å². The molecule has 0 radical (unpaired) electrons. The van der Waals surface area contributed by atoms with Crippen LogP contribution in [0.2, 0.25) is 5.02 Å². The number of nitrogens with one attached hydrogen (secondary N) is 1. The van der Waals surface area contributed by atoms with Crippen LogP contribution in [0.4, 0.5) is 0 Å². The van der Waals surface area contributed by atoms with Crippen molar-refractivity contribution >= 4 is 22.9 Å². The van der Waals surface area contributed by atoms with Crippen molar-refractivity contribution in [3.05, 3.63) is 38.8 Å². The molecule has 0 bridgehead atoms. The number of benzene rings is 1. The fourth-order valence-electron chi connectivity index (χ4n) is 2.35. The highest BCUT2D eigenvalue weighted by Crippen LogP contribution is 2.40. The van der Waals surface area contributed by atoms with E-state index in [0.29, 0.717) is 29.7 Å².